The SMILES string of the molecule is CCCCCCCCCCCCC(OC(=O)CCCCCCC)OC(=O)CC(CCCCCCCC)CCCCCCCC. The van der Waals surface area contributed by atoms with Gasteiger partial charge in [-0.25, -0.2) is 0 Å². The second-order valence-electron chi connectivity index (χ2n) is 13.7. The molecule has 44 heavy (non-hydrogen) atoms. The monoisotopic (exact) mass is 623 g/mol. The van der Waals surface area contributed by atoms with Gasteiger partial charge in [-0.15, -0.1) is 0 Å². The van der Waals surface area contributed by atoms with E-state index in [4.69, 9.17) is 9.47 Å². The Hall–Kier alpha value is -1.06. The molecule has 0 rings (SSSR count). The lowest BCUT2D eigenvalue weighted by molar-refractivity contribution is -0.190. The molecule has 0 saturated heterocycles. The van der Waals surface area contributed by atoms with E-state index in [-0.39, 0.29) is 11.9 Å². The van der Waals surface area contributed by atoms with Crippen molar-refractivity contribution < 1.29 is 19.1 Å². The zero-order valence-corrected chi connectivity index (χ0v) is 30.4. The molecule has 0 aliphatic rings. The van der Waals surface area contributed by atoms with Crippen LogP contribution in [0.2, 0.25) is 0 Å². The summed E-state index contributed by atoms with van der Waals surface area (Å²) < 4.78 is 11.7. The number of ether oxygens (including phenoxy) is 2. The maximum Gasteiger partial charge on any atom is 0.309 e. The number of esters is 2. The van der Waals surface area contributed by atoms with Gasteiger partial charge in [0.05, 0.1) is 0 Å². The van der Waals surface area contributed by atoms with E-state index >= 15 is 0 Å². The molecule has 0 aromatic heterocycles. The fraction of sp³-hybridized carbons (Fsp3) is 0.950. The normalized spacial score (nSPS) is 12.1. The van der Waals surface area contributed by atoms with Crippen LogP contribution in [0.4, 0.5) is 0 Å². The Morgan fingerprint density at radius 1 is 0.386 bits per heavy atom. The summed E-state index contributed by atoms with van der Waals surface area (Å²) >= 11 is 0. The Morgan fingerprint density at radius 2 is 0.705 bits per heavy atom. The standard InChI is InChI=1S/C40H78O4/c1-5-9-13-17-20-21-22-23-27-31-35-40(43-38(41)34-30-24-16-12-8-4)44-39(42)36-37(32-28-25-18-14-10-6-2)33-29-26-19-15-11-7-3/h37,40H,5-36H2,1-4H3. The first kappa shape index (κ1) is 42.9. The van der Waals surface area contributed by atoms with Gasteiger partial charge in [0.25, 0.3) is 0 Å². The average Bonchev–Trinajstić information content (AvgIpc) is 3.01. The third-order valence-corrected chi connectivity index (χ3v) is 9.19. The fourth-order valence-electron chi connectivity index (χ4n) is 6.22. The van der Waals surface area contributed by atoms with E-state index in [1.807, 2.05) is 0 Å². The van der Waals surface area contributed by atoms with Gasteiger partial charge < -0.3 is 9.47 Å². The molecule has 0 saturated carbocycles. The first-order valence-corrected chi connectivity index (χ1v) is 20.0. The molecule has 0 heterocycles. The molecule has 1 unspecified atom stereocenters. The highest BCUT2D eigenvalue weighted by molar-refractivity contribution is 5.71. The van der Waals surface area contributed by atoms with Gasteiger partial charge in [0, 0.05) is 19.3 Å². The Labute approximate surface area is 276 Å². The molecule has 0 fully saturated rings. The number of carbonyl (C=O) groups excluding carboxylic acids is 2. The van der Waals surface area contributed by atoms with Gasteiger partial charge in [0.1, 0.15) is 0 Å². The lowest BCUT2D eigenvalue weighted by Gasteiger charge is -2.21. The zero-order chi connectivity index (χ0) is 32.4. The van der Waals surface area contributed by atoms with E-state index in [0.29, 0.717) is 25.2 Å². The van der Waals surface area contributed by atoms with E-state index in [0.717, 1.165) is 38.5 Å². The predicted octanol–water partition coefficient (Wildman–Crippen LogP) is 13.6. The molecule has 0 spiro atoms. The molecule has 4 heteroatoms. The number of carbonyl (C=O) groups is 2. The lowest BCUT2D eigenvalue weighted by Crippen LogP contribution is -2.26. The molecule has 0 aliphatic carbocycles. The summed E-state index contributed by atoms with van der Waals surface area (Å²) in [7, 11) is 0. The van der Waals surface area contributed by atoms with Crippen LogP contribution in [-0.2, 0) is 19.1 Å². The van der Waals surface area contributed by atoms with Gasteiger partial charge in [-0.2, -0.15) is 0 Å². The van der Waals surface area contributed by atoms with Crippen molar-refractivity contribution in [3.8, 4) is 0 Å². The van der Waals surface area contributed by atoms with Crippen molar-refractivity contribution in [2.24, 2.45) is 5.92 Å². The van der Waals surface area contributed by atoms with Crippen LogP contribution in [-0.4, -0.2) is 18.2 Å². The van der Waals surface area contributed by atoms with Crippen LogP contribution >= 0.6 is 0 Å². The molecule has 0 bridgehead atoms. The Balaban J connectivity index is 4.80. The lowest BCUT2D eigenvalue weighted by atomic mass is 9.91. The Bertz CT molecular complexity index is 588. The van der Waals surface area contributed by atoms with Crippen LogP contribution in [0.3, 0.4) is 0 Å². The molecular weight excluding hydrogens is 544 g/mol. The number of hydrogen-bond donors (Lipinski definition) is 0. The number of unbranched alkanes of at least 4 members (excludes halogenated alkanes) is 23. The highest BCUT2D eigenvalue weighted by Crippen LogP contribution is 2.24. The molecule has 0 N–H and O–H groups in total. The summed E-state index contributed by atoms with van der Waals surface area (Å²) in [6.45, 7) is 8.99. The van der Waals surface area contributed by atoms with Crippen LogP contribution in [0.1, 0.15) is 233 Å². The van der Waals surface area contributed by atoms with Crippen molar-refractivity contribution in [1.82, 2.24) is 0 Å². The smallest absolute Gasteiger partial charge is 0.309 e. The maximum atomic E-state index is 13.2. The van der Waals surface area contributed by atoms with Crippen LogP contribution in [0.25, 0.3) is 0 Å². The van der Waals surface area contributed by atoms with Crippen LogP contribution < -0.4 is 0 Å². The molecule has 4 nitrogen and oxygen atoms in total. The van der Waals surface area contributed by atoms with E-state index in [2.05, 4.69) is 27.7 Å². The second-order valence-corrected chi connectivity index (χ2v) is 13.7. The van der Waals surface area contributed by atoms with Crippen molar-refractivity contribution in [3.05, 3.63) is 0 Å². The highest BCUT2D eigenvalue weighted by Gasteiger charge is 2.22. The van der Waals surface area contributed by atoms with E-state index < -0.39 is 6.29 Å². The van der Waals surface area contributed by atoms with Gasteiger partial charge >= 0.3 is 11.9 Å². The quantitative estimate of drug-likeness (QED) is 0.0401. The summed E-state index contributed by atoms with van der Waals surface area (Å²) in [6.07, 6.45) is 36.5. The summed E-state index contributed by atoms with van der Waals surface area (Å²) in [5, 5.41) is 0. The molecule has 0 aliphatic heterocycles. The third kappa shape index (κ3) is 30.9. The summed E-state index contributed by atoms with van der Waals surface area (Å²) in [5.74, 6) is 0.00831. The molecule has 1 atom stereocenters. The summed E-state index contributed by atoms with van der Waals surface area (Å²) in [5.41, 5.74) is 0. The van der Waals surface area contributed by atoms with Gasteiger partial charge in [-0.05, 0) is 31.6 Å². The van der Waals surface area contributed by atoms with Gasteiger partial charge in [0.2, 0.25) is 6.29 Å². The fourth-order valence-corrected chi connectivity index (χ4v) is 6.22. The Morgan fingerprint density at radius 3 is 1.11 bits per heavy atom. The summed E-state index contributed by atoms with van der Waals surface area (Å²) in [6, 6.07) is 0. The molecular formula is C40H78O4. The minimum absolute atomic E-state index is 0.167. The number of rotatable bonds is 35. The van der Waals surface area contributed by atoms with Crippen molar-refractivity contribution in [2.75, 3.05) is 0 Å². The van der Waals surface area contributed by atoms with Crippen molar-refractivity contribution in [3.63, 3.8) is 0 Å². The largest absolute Gasteiger partial charge is 0.425 e. The minimum Gasteiger partial charge on any atom is -0.425 e. The Kier molecular flexibility index (Phi) is 34.0. The second kappa shape index (κ2) is 34.8. The molecule has 262 valence electrons. The zero-order valence-electron chi connectivity index (χ0n) is 30.4. The van der Waals surface area contributed by atoms with Crippen LogP contribution in [0.15, 0.2) is 0 Å². The highest BCUT2D eigenvalue weighted by atomic mass is 16.7. The van der Waals surface area contributed by atoms with Crippen LogP contribution in [0.5, 0.6) is 0 Å². The maximum absolute atomic E-state index is 13.2. The molecule has 0 radical (unpaired) electrons. The van der Waals surface area contributed by atoms with E-state index in [1.54, 1.807) is 0 Å². The summed E-state index contributed by atoms with van der Waals surface area (Å²) in [4.78, 5) is 25.9. The van der Waals surface area contributed by atoms with Crippen molar-refractivity contribution in [2.45, 2.75) is 239 Å². The third-order valence-electron chi connectivity index (χ3n) is 9.19. The van der Waals surface area contributed by atoms with E-state index in [9.17, 15) is 9.59 Å². The molecule has 0 aromatic rings. The first-order valence-electron chi connectivity index (χ1n) is 20.0. The van der Waals surface area contributed by atoms with Gasteiger partial charge in [0.15, 0.2) is 0 Å². The average molecular weight is 623 g/mol. The topological polar surface area (TPSA) is 52.6 Å². The molecule has 0 aromatic carbocycles. The molecule has 0 amide bonds. The number of hydrogen-bond acceptors (Lipinski definition) is 4. The van der Waals surface area contributed by atoms with Gasteiger partial charge in [-0.3, -0.25) is 9.59 Å². The van der Waals surface area contributed by atoms with Gasteiger partial charge in [-0.1, -0.05) is 188 Å². The predicted molar refractivity (Wildman–Crippen MR) is 190 cm³/mol. The van der Waals surface area contributed by atoms with Crippen molar-refractivity contribution in [1.29, 1.82) is 0 Å². The van der Waals surface area contributed by atoms with Crippen LogP contribution in [0, 0.1) is 5.92 Å². The van der Waals surface area contributed by atoms with E-state index in [1.165, 1.54) is 148 Å². The minimum atomic E-state index is -0.719. The first-order chi connectivity index (χ1) is 21.6. The van der Waals surface area contributed by atoms with Crippen molar-refractivity contribution >= 4 is 11.9 Å².